The zero-order valence-electron chi connectivity index (χ0n) is 12.2. The molecule has 0 aliphatic heterocycles. The maximum absolute atomic E-state index is 12.2. The Labute approximate surface area is 123 Å². The monoisotopic (exact) mass is 291 g/mol. The number of carbonyl (C=O) groups is 1. The summed E-state index contributed by atoms with van der Waals surface area (Å²) < 4.78 is 1.61. The van der Waals surface area contributed by atoms with Gasteiger partial charge in [-0.1, -0.05) is 19.8 Å². The third-order valence-corrected chi connectivity index (χ3v) is 3.36. The molecule has 2 aromatic rings. The average Bonchev–Trinajstić information content (AvgIpc) is 2.98. The Hall–Kier alpha value is -2.02. The van der Waals surface area contributed by atoms with Crippen LogP contribution in [0.25, 0.3) is 5.78 Å². The summed E-state index contributed by atoms with van der Waals surface area (Å²) in [6.45, 7) is 2.83. The number of aryl methyl sites for hydroxylation is 1. The van der Waals surface area contributed by atoms with Gasteiger partial charge in [0, 0.05) is 19.3 Å². The van der Waals surface area contributed by atoms with E-state index < -0.39 is 0 Å². The number of aromatic nitrogens is 4. The van der Waals surface area contributed by atoms with Crippen LogP contribution in [0.15, 0.2) is 12.5 Å². The number of aliphatic hydroxyl groups is 1. The predicted molar refractivity (Wildman–Crippen MR) is 78.0 cm³/mol. The molecule has 0 bridgehead atoms. The standard InChI is InChI=1S/C14H21N5O2/c1-2-12-11(9-16-14-17-10-18-19(12)14)13(21)15-7-5-3-4-6-8-20/h9-10,20H,2-8H2,1H3,(H,15,21). The Bertz CT molecular complexity index is 596. The summed E-state index contributed by atoms with van der Waals surface area (Å²) in [6.07, 6.45) is 7.39. The smallest absolute Gasteiger partial charge is 0.254 e. The first-order valence-electron chi connectivity index (χ1n) is 7.34. The Kier molecular flexibility index (Phi) is 5.62. The minimum Gasteiger partial charge on any atom is -0.396 e. The van der Waals surface area contributed by atoms with Crippen LogP contribution in [0, 0.1) is 0 Å². The molecule has 2 rings (SSSR count). The van der Waals surface area contributed by atoms with E-state index in [2.05, 4.69) is 20.4 Å². The number of fused-ring (bicyclic) bond motifs is 1. The Morgan fingerprint density at radius 1 is 1.29 bits per heavy atom. The van der Waals surface area contributed by atoms with Gasteiger partial charge in [0.25, 0.3) is 11.7 Å². The number of amides is 1. The van der Waals surface area contributed by atoms with Gasteiger partial charge in [0.1, 0.15) is 6.33 Å². The number of aliphatic hydroxyl groups excluding tert-OH is 1. The van der Waals surface area contributed by atoms with Crippen LogP contribution >= 0.6 is 0 Å². The van der Waals surface area contributed by atoms with Crippen molar-refractivity contribution in [3.05, 3.63) is 23.8 Å². The SMILES string of the molecule is CCc1c(C(=O)NCCCCCCO)cnc2ncnn12. The van der Waals surface area contributed by atoms with Crippen LogP contribution < -0.4 is 5.32 Å². The van der Waals surface area contributed by atoms with Gasteiger partial charge in [0.15, 0.2) is 0 Å². The molecule has 0 atom stereocenters. The van der Waals surface area contributed by atoms with E-state index >= 15 is 0 Å². The summed E-state index contributed by atoms with van der Waals surface area (Å²) in [5.41, 5.74) is 1.36. The first-order valence-corrected chi connectivity index (χ1v) is 7.34. The number of rotatable bonds is 8. The van der Waals surface area contributed by atoms with E-state index in [0.29, 0.717) is 24.3 Å². The van der Waals surface area contributed by atoms with E-state index in [-0.39, 0.29) is 12.5 Å². The van der Waals surface area contributed by atoms with Crippen LogP contribution in [0.1, 0.15) is 48.7 Å². The number of nitrogens with one attached hydrogen (secondary N) is 1. The zero-order chi connectivity index (χ0) is 15.1. The molecule has 2 N–H and O–H groups in total. The molecule has 2 aromatic heterocycles. The molecule has 21 heavy (non-hydrogen) atoms. The molecule has 0 fully saturated rings. The lowest BCUT2D eigenvalue weighted by Gasteiger charge is -2.09. The van der Waals surface area contributed by atoms with Crippen LogP contribution in [-0.4, -0.2) is 43.7 Å². The van der Waals surface area contributed by atoms with E-state index in [4.69, 9.17) is 5.11 Å². The van der Waals surface area contributed by atoms with Crippen molar-refractivity contribution in [3.8, 4) is 0 Å². The molecule has 0 saturated carbocycles. The Morgan fingerprint density at radius 2 is 2.10 bits per heavy atom. The number of nitrogens with zero attached hydrogens (tertiary/aromatic N) is 4. The highest BCUT2D eigenvalue weighted by atomic mass is 16.2. The third-order valence-electron chi connectivity index (χ3n) is 3.36. The van der Waals surface area contributed by atoms with E-state index in [1.165, 1.54) is 6.33 Å². The van der Waals surface area contributed by atoms with Crippen LogP contribution in [0.5, 0.6) is 0 Å². The summed E-state index contributed by atoms with van der Waals surface area (Å²) in [5.74, 6) is 0.381. The van der Waals surface area contributed by atoms with Crippen molar-refractivity contribution in [3.63, 3.8) is 0 Å². The fraction of sp³-hybridized carbons (Fsp3) is 0.571. The van der Waals surface area contributed by atoms with Crippen LogP contribution in [0.2, 0.25) is 0 Å². The molecule has 0 radical (unpaired) electrons. The van der Waals surface area contributed by atoms with Gasteiger partial charge in [-0.3, -0.25) is 4.79 Å². The summed E-state index contributed by atoms with van der Waals surface area (Å²) in [6, 6.07) is 0. The zero-order valence-corrected chi connectivity index (χ0v) is 12.2. The highest BCUT2D eigenvalue weighted by Crippen LogP contribution is 2.09. The van der Waals surface area contributed by atoms with Crippen molar-refractivity contribution in [2.24, 2.45) is 0 Å². The number of hydrogen-bond acceptors (Lipinski definition) is 5. The highest BCUT2D eigenvalue weighted by Gasteiger charge is 2.14. The van der Waals surface area contributed by atoms with E-state index in [0.717, 1.165) is 31.4 Å². The topological polar surface area (TPSA) is 92.4 Å². The quantitative estimate of drug-likeness (QED) is 0.707. The van der Waals surface area contributed by atoms with Gasteiger partial charge >= 0.3 is 0 Å². The second-order valence-electron chi connectivity index (χ2n) is 4.84. The molecule has 0 saturated heterocycles. The second-order valence-corrected chi connectivity index (χ2v) is 4.84. The van der Waals surface area contributed by atoms with Gasteiger partial charge in [0.2, 0.25) is 0 Å². The molecule has 1 amide bonds. The molecule has 114 valence electrons. The summed E-state index contributed by atoms with van der Waals surface area (Å²) >= 11 is 0. The molecule has 7 heteroatoms. The summed E-state index contributed by atoms with van der Waals surface area (Å²) in [4.78, 5) is 20.4. The normalized spacial score (nSPS) is 11.0. The third kappa shape index (κ3) is 3.75. The molecular formula is C14H21N5O2. The largest absolute Gasteiger partial charge is 0.396 e. The maximum atomic E-state index is 12.2. The molecule has 2 heterocycles. The highest BCUT2D eigenvalue weighted by molar-refractivity contribution is 5.95. The van der Waals surface area contributed by atoms with E-state index in [1.54, 1.807) is 10.7 Å². The minimum absolute atomic E-state index is 0.126. The van der Waals surface area contributed by atoms with E-state index in [9.17, 15) is 4.79 Å². The van der Waals surface area contributed by atoms with Gasteiger partial charge in [0.05, 0.1) is 11.3 Å². The maximum Gasteiger partial charge on any atom is 0.254 e. The van der Waals surface area contributed by atoms with E-state index in [1.807, 2.05) is 6.92 Å². The van der Waals surface area contributed by atoms with Crippen molar-refractivity contribution in [2.45, 2.75) is 39.0 Å². The molecular weight excluding hydrogens is 270 g/mol. The average molecular weight is 291 g/mol. The summed E-state index contributed by atoms with van der Waals surface area (Å²) in [7, 11) is 0. The number of carbonyl (C=O) groups excluding carboxylic acids is 1. The van der Waals surface area contributed by atoms with Crippen molar-refractivity contribution >= 4 is 11.7 Å². The number of hydrogen-bond donors (Lipinski definition) is 2. The first-order chi connectivity index (χ1) is 10.3. The molecule has 0 aromatic carbocycles. The first kappa shape index (κ1) is 15.4. The number of unbranched alkanes of at least 4 members (excludes halogenated alkanes) is 3. The van der Waals surface area contributed by atoms with Gasteiger partial charge in [-0.25, -0.2) is 9.50 Å². The lowest BCUT2D eigenvalue weighted by atomic mass is 10.1. The second kappa shape index (κ2) is 7.68. The molecule has 7 nitrogen and oxygen atoms in total. The lowest BCUT2D eigenvalue weighted by Crippen LogP contribution is -2.26. The molecule has 0 aliphatic rings. The predicted octanol–water partition coefficient (Wildman–Crippen LogP) is 0.969. The van der Waals surface area contributed by atoms with Crippen LogP contribution in [0.3, 0.4) is 0 Å². The minimum atomic E-state index is -0.126. The van der Waals surface area contributed by atoms with Crippen molar-refractivity contribution < 1.29 is 9.90 Å². The Balaban J connectivity index is 1.96. The van der Waals surface area contributed by atoms with Crippen LogP contribution in [-0.2, 0) is 6.42 Å². The van der Waals surface area contributed by atoms with Gasteiger partial charge in [-0.15, -0.1) is 0 Å². The molecule has 0 spiro atoms. The van der Waals surface area contributed by atoms with Crippen molar-refractivity contribution in [1.29, 1.82) is 0 Å². The lowest BCUT2D eigenvalue weighted by molar-refractivity contribution is 0.0950. The molecule has 0 unspecified atom stereocenters. The Morgan fingerprint density at radius 3 is 2.86 bits per heavy atom. The van der Waals surface area contributed by atoms with Crippen LogP contribution in [0.4, 0.5) is 0 Å². The van der Waals surface area contributed by atoms with Gasteiger partial charge in [-0.2, -0.15) is 10.1 Å². The van der Waals surface area contributed by atoms with Crippen molar-refractivity contribution in [2.75, 3.05) is 13.2 Å². The molecule has 0 aliphatic carbocycles. The van der Waals surface area contributed by atoms with Gasteiger partial charge < -0.3 is 10.4 Å². The fourth-order valence-corrected chi connectivity index (χ4v) is 2.24. The fourth-order valence-electron chi connectivity index (χ4n) is 2.24. The summed E-state index contributed by atoms with van der Waals surface area (Å²) in [5, 5.41) is 15.7. The van der Waals surface area contributed by atoms with Gasteiger partial charge in [-0.05, 0) is 19.3 Å². The van der Waals surface area contributed by atoms with Crippen molar-refractivity contribution in [1.82, 2.24) is 24.9 Å².